The zero-order valence-electron chi connectivity index (χ0n) is 9.02. The first-order valence-electron chi connectivity index (χ1n) is 5.53. The molecule has 0 radical (unpaired) electrons. The molecular formula is C13H12O4. The Labute approximate surface area is 98.5 Å². The number of benzene rings is 1. The Morgan fingerprint density at radius 3 is 2.71 bits per heavy atom. The van der Waals surface area contributed by atoms with Crippen LogP contribution in [0.4, 0.5) is 0 Å². The lowest BCUT2D eigenvalue weighted by atomic mass is 10.0. The number of carbonyl (C=O) groups excluding carboxylic acids is 1. The van der Waals surface area contributed by atoms with Gasteiger partial charge in [0.25, 0.3) is 0 Å². The summed E-state index contributed by atoms with van der Waals surface area (Å²) in [5, 5.41) is 10.1. The number of aliphatic hydroxyl groups excluding tert-OH is 1. The Bertz CT molecular complexity index is 454. The second-order valence-corrected chi connectivity index (χ2v) is 4.18. The van der Waals surface area contributed by atoms with Crippen molar-refractivity contribution < 1.29 is 19.4 Å². The van der Waals surface area contributed by atoms with E-state index in [1.807, 2.05) is 30.3 Å². The van der Waals surface area contributed by atoms with Crippen LogP contribution in [0.1, 0.15) is 11.7 Å². The highest BCUT2D eigenvalue weighted by molar-refractivity contribution is 5.83. The van der Waals surface area contributed by atoms with E-state index in [1.165, 1.54) is 6.08 Å². The van der Waals surface area contributed by atoms with Crippen molar-refractivity contribution in [1.29, 1.82) is 0 Å². The van der Waals surface area contributed by atoms with Crippen LogP contribution in [-0.4, -0.2) is 29.4 Å². The lowest BCUT2D eigenvalue weighted by Gasteiger charge is -2.20. The van der Waals surface area contributed by atoms with E-state index < -0.39 is 24.3 Å². The predicted molar refractivity (Wildman–Crippen MR) is 59.1 cm³/mol. The van der Waals surface area contributed by atoms with E-state index in [2.05, 4.69) is 0 Å². The van der Waals surface area contributed by atoms with Gasteiger partial charge in [-0.25, -0.2) is 4.79 Å². The highest BCUT2D eigenvalue weighted by Crippen LogP contribution is 2.36. The van der Waals surface area contributed by atoms with Gasteiger partial charge in [-0.15, -0.1) is 0 Å². The summed E-state index contributed by atoms with van der Waals surface area (Å²) in [5.74, 6) is -0.428. The summed E-state index contributed by atoms with van der Waals surface area (Å²) in [4.78, 5) is 11.1. The number of hydrogen-bond donors (Lipinski definition) is 1. The van der Waals surface area contributed by atoms with Gasteiger partial charge in [-0.3, -0.25) is 0 Å². The van der Waals surface area contributed by atoms with Gasteiger partial charge in [-0.05, 0) is 11.6 Å². The second kappa shape index (κ2) is 3.98. The van der Waals surface area contributed by atoms with Crippen molar-refractivity contribution in [3.05, 3.63) is 48.0 Å². The van der Waals surface area contributed by atoms with Crippen LogP contribution in [0.3, 0.4) is 0 Å². The van der Waals surface area contributed by atoms with E-state index in [4.69, 9.17) is 9.47 Å². The van der Waals surface area contributed by atoms with Gasteiger partial charge in [0, 0.05) is 6.08 Å². The standard InChI is InChI=1S/C13H12O4/c14-10-7-6-9-13(17-10)11(15)12(16-9)8-4-2-1-3-5-8/h1-7,9,11-13,15H/t9-,11-,12+,13-/m0/s1. The number of hydrogen-bond acceptors (Lipinski definition) is 4. The average Bonchev–Trinajstić information content (AvgIpc) is 2.68. The molecule has 2 aliphatic heterocycles. The minimum Gasteiger partial charge on any atom is -0.453 e. The van der Waals surface area contributed by atoms with Crippen LogP contribution in [-0.2, 0) is 14.3 Å². The molecule has 0 bridgehead atoms. The number of fused-ring (bicyclic) bond motifs is 1. The predicted octanol–water partition coefficient (Wildman–Crippen LogP) is 0.969. The Morgan fingerprint density at radius 2 is 1.94 bits per heavy atom. The molecule has 1 aromatic rings. The van der Waals surface area contributed by atoms with Crippen molar-refractivity contribution in [2.75, 3.05) is 0 Å². The van der Waals surface area contributed by atoms with Crippen LogP contribution in [0, 0.1) is 0 Å². The van der Waals surface area contributed by atoms with Crippen molar-refractivity contribution in [3.63, 3.8) is 0 Å². The van der Waals surface area contributed by atoms with Crippen molar-refractivity contribution in [2.45, 2.75) is 24.4 Å². The fourth-order valence-electron chi connectivity index (χ4n) is 2.25. The fraction of sp³-hybridized carbons (Fsp3) is 0.308. The third kappa shape index (κ3) is 1.75. The topological polar surface area (TPSA) is 55.8 Å². The summed E-state index contributed by atoms with van der Waals surface area (Å²) >= 11 is 0. The van der Waals surface area contributed by atoms with Crippen LogP contribution in [0.25, 0.3) is 0 Å². The zero-order valence-corrected chi connectivity index (χ0v) is 9.02. The minimum absolute atomic E-state index is 0.354. The van der Waals surface area contributed by atoms with Gasteiger partial charge in [0.05, 0.1) is 0 Å². The van der Waals surface area contributed by atoms with Gasteiger partial charge in [0.15, 0.2) is 6.10 Å². The summed E-state index contributed by atoms with van der Waals surface area (Å²) < 4.78 is 10.8. The zero-order chi connectivity index (χ0) is 11.8. The highest BCUT2D eigenvalue weighted by atomic mass is 16.6. The molecule has 0 amide bonds. The number of aliphatic hydroxyl groups is 1. The van der Waals surface area contributed by atoms with E-state index in [9.17, 15) is 9.90 Å². The molecule has 2 aliphatic rings. The second-order valence-electron chi connectivity index (χ2n) is 4.18. The number of rotatable bonds is 1. The van der Waals surface area contributed by atoms with E-state index >= 15 is 0 Å². The van der Waals surface area contributed by atoms with E-state index in [0.29, 0.717) is 0 Å². The first-order valence-corrected chi connectivity index (χ1v) is 5.53. The molecule has 1 aromatic carbocycles. The molecule has 1 N–H and O–H groups in total. The Balaban J connectivity index is 1.87. The van der Waals surface area contributed by atoms with Crippen molar-refractivity contribution in [3.8, 4) is 0 Å². The molecule has 2 heterocycles. The molecular weight excluding hydrogens is 220 g/mol. The molecule has 0 unspecified atom stereocenters. The van der Waals surface area contributed by atoms with Gasteiger partial charge in [0.1, 0.15) is 18.3 Å². The smallest absolute Gasteiger partial charge is 0.330 e. The summed E-state index contributed by atoms with van der Waals surface area (Å²) in [5.41, 5.74) is 0.888. The van der Waals surface area contributed by atoms with Crippen molar-refractivity contribution in [1.82, 2.24) is 0 Å². The molecule has 0 saturated carbocycles. The van der Waals surface area contributed by atoms with E-state index in [1.54, 1.807) is 6.08 Å². The van der Waals surface area contributed by atoms with Gasteiger partial charge in [-0.2, -0.15) is 0 Å². The normalized spacial score (nSPS) is 35.5. The number of carbonyl (C=O) groups is 1. The molecule has 1 saturated heterocycles. The molecule has 17 heavy (non-hydrogen) atoms. The maximum atomic E-state index is 11.1. The highest BCUT2D eigenvalue weighted by Gasteiger charge is 2.46. The molecule has 3 rings (SSSR count). The molecule has 4 atom stereocenters. The maximum Gasteiger partial charge on any atom is 0.330 e. The van der Waals surface area contributed by atoms with Crippen LogP contribution in [0.5, 0.6) is 0 Å². The summed E-state index contributed by atoms with van der Waals surface area (Å²) in [6.07, 6.45) is 0.757. The number of esters is 1. The largest absolute Gasteiger partial charge is 0.453 e. The lowest BCUT2D eigenvalue weighted by Crippen LogP contribution is -2.36. The Kier molecular flexibility index (Phi) is 2.46. The van der Waals surface area contributed by atoms with Crippen LogP contribution in [0.15, 0.2) is 42.5 Å². The molecule has 88 valence electrons. The van der Waals surface area contributed by atoms with Crippen LogP contribution >= 0.6 is 0 Å². The molecule has 0 aromatic heterocycles. The third-order valence-electron chi connectivity index (χ3n) is 3.08. The summed E-state index contributed by atoms with van der Waals surface area (Å²) in [7, 11) is 0. The quantitative estimate of drug-likeness (QED) is 0.733. The minimum atomic E-state index is -0.823. The van der Waals surface area contributed by atoms with Gasteiger partial charge >= 0.3 is 5.97 Å². The van der Waals surface area contributed by atoms with Crippen LogP contribution in [0.2, 0.25) is 0 Å². The van der Waals surface area contributed by atoms with Crippen molar-refractivity contribution in [2.24, 2.45) is 0 Å². The van der Waals surface area contributed by atoms with Crippen LogP contribution < -0.4 is 0 Å². The lowest BCUT2D eigenvalue weighted by molar-refractivity contribution is -0.150. The summed E-state index contributed by atoms with van der Waals surface area (Å²) in [6, 6.07) is 9.44. The van der Waals surface area contributed by atoms with Gasteiger partial charge < -0.3 is 14.6 Å². The number of ether oxygens (including phenoxy) is 2. The SMILES string of the molecule is O=C1C=C[C@@H]2O[C@H](c3ccccc3)[C@H](O)[C@H]2O1. The molecule has 0 spiro atoms. The van der Waals surface area contributed by atoms with E-state index in [-0.39, 0.29) is 6.10 Å². The van der Waals surface area contributed by atoms with Gasteiger partial charge in [0.2, 0.25) is 0 Å². The summed E-state index contributed by atoms with van der Waals surface area (Å²) in [6.45, 7) is 0. The third-order valence-corrected chi connectivity index (χ3v) is 3.08. The van der Waals surface area contributed by atoms with E-state index in [0.717, 1.165) is 5.56 Å². The molecule has 4 heteroatoms. The van der Waals surface area contributed by atoms with Crippen molar-refractivity contribution >= 4 is 5.97 Å². The average molecular weight is 232 g/mol. The maximum absolute atomic E-state index is 11.1. The molecule has 0 aliphatic carbocycles. The molecule has 1 fully saturated rings. The monoisotopic (exact) mass is 232 g/mol. The molecule has 4 nitrogen and oxygen atoms in total. The fourth-order valence-corrected chi connectivity index (χ4v) is 2.25. The van der Waals surface area contributed by atoms with Gasteiger partial charge in [-0.1, -0.05) is 30.3 Å². The Hall–Kier alpha value is -1.65. The first kappa shape index (κ1) is 10.5. The Morgan fingerprint density at radius 1 is 1.18 bits per heavy atom. The first-order chi connectivity index (χ1) is 8.25.